The van der Waals surface area contributed by atoms with Crippen molar-refractivity contribution in [3.05, 3.63) is 81.8 Å². The number of anilines is 2. The van der Waals surface area contributed by atoms with Crippen LogP contribution in [0, 0.1) is 13.8 Å². The molecule has 0 heterocycles. The summed E-state index contributed by atoms with van der Waals surface area (Å²) in [6.07, 6.45) is 1.32. The van der Waals surface area contributed by atoms with E-state index in [0.29, 0.717) is 22.7 Å². The van der Waals surface area contributed by atoms with Gasteiger partial charge in [-0.1, -0.05) is 28.1 Å². The molecule has 0 aromatic heterocycles. The molecule has 0 radical (unpaired) electrons. The number of methoxy groups -OCH3 is 1. The van der Waals surface area contributed by atoms with E-state index in [2.05, 4.69) is 37.1 Å². The Morgan fingerprint density at radius 3 is 2.44 bits per heavy atom. The van der Waals surface area contributed by atoms with Gasteiger partial charge in [0.15, 0.2) is 6.61 Å². The molecule has 10 heteroatoms. The monoisotopic (exact) mass is 552 g/mol. The van der Waals surface area contributed by atoms with Crippen LogP contribution >= 0.6 is 15.9 Å². The minimum Gasteiger partial charge on any atom is -0.497 e. The number of carbonyl (C=O) groups is 3. The van der Waals surface area contributed by atoms with E-state index in [1.807, 2.05) is 32.0 Å². The molecule has 0 aliphatic rings. The van der Waals surface area contributed by atoms with Crippen molar-refractivity contribution in [2.75, 3.05) is 24.4 Å². The zero-order valence-corrected chi connectivity index (χ0v) is 21.5. The van der Waals surface area contributed by atoms with Crippen LogP contribution in [0.5, 0.6) is 11.5 Å². The van der Waals surface area contributed by atoms with E-state index in [4.69, 9.17) is 9.47 Å². The average molecular weight is 553 g/mol. The normalized spacial score (nSPS) is 10.6. The maximum atomic E-state index is 12.4. The molecule has 3 aromatic carbocycles. The third kappa shape index (κ3) is 7.41. The van der Waals surface area contributed by atoms with E-state index < -0.39 is 11.8 Å². The lowest BCUT2D eigenvalue weighted by molar-refractivity contribution is -0.136. The third-order valence-corrected chi connectivity index (χ3v) is 5.63. The maximum absolute atomic E-state index is 12.4. The van der Waals surface area contributed by atoms with E-state index >= 15 is 0 Å². The van der Waals surface area contributed by atoms with Crippen molar-refractivity contribution >= 4 is 51.2 Å². The fourth-order valence-electron chi connectivity index (χ4n) is 3.04. The fraction of sp³-hybridized carbons (Fsp3) is 0.154. The fourth-order valence-corrected chi connectivity index (χ4v) is 3.42. The van der Waals surface area contributed by atoms with Crippen LogP contribution < -0.4 is 25.5 Å². The van der Waals surface area contributed by atoms with Gasteiger partial charge in [0.1, 0.15) is 11.5 Å². The molecule has 9 nitrogen and oxygen atoms in total. The van der Waals surface area contributed by atoms with Gasteiger partial charge in [-0.05, 0) is 73.5 Å². The first-order valence-electron chi connectivity index (χ1n) is 10.8. The third-order valence-electron chi connectivity index (χ3n) is 5.13. The highest BCUT2D eigenvalue weighted by molar-refractivity contribution is 9.10. The van der Waals surface area contributed by atoms with Crippen LogP contribution in [0.25, 0.3) is 0 Å². The molecule has 0 bridgehead atoms. The minimum atomic E-state index is -0.951. The Morgan fingerprint density at radius 1 is 0.972 bits per heavy atom. The van der Waals surface area contributed by atoms with Gasteiger partial charge >= 0.3 is 11.8 Å². The SMILES string of the molecule is COc1ccc(NC(=O)C(=O)N/N=C\c2cc(Br)ccc2OCC(=O)Nc2cccc(C)c2C)cc1. The highest BCUT2D eigenvalue weighted by Crippen LogP contribution is 2.22. The Morgan fingerprint density at radius 2 is 1.72 bits per heavy atom. The van der Waals surface area contributed by atoms with Gasteiger partial charge in [0.25, 0.3) is 5.91 Å². The highest BCUT2D eigenvalue weighted by atomic mass is 79.9. The Kier molecular flexibility index (Phi) is 9.18. The molecule has 0 aliphatic heterocycles. The van der Waals surface area contributed by atoms with Crippen molar-refractivity contribution < 1.29 is 23.9 Å². The smallest absolute Gasteiger partial charge is 0.329 e. The number of hydrazone groups is 1. The molecular formula is C26H25BrN4O5. The number of carbonyl (C=O) groups excluding carboxylic acids is 3. The van der Waals surface area contributed by atoms with Gasteiger partial charge in [0, 0.05) is 21.4 Å². The van der Waals surface area contributed by atoms with Gasteiger partial charge in [0.05, 0.1) is 13.3 Å². The molecule has 0 saturated carbocycles. The average Bonchev–Trinajstić information content (AvgIpc) is 2.86. The Bertz CT molecular complexity index is 1290. The Hall–Kier alpha value is -4.18. The van der Waals surface area contributed by atoms with Crippen LogP contribution in [0.4, 0.5) is 11.4 Å². The first-order chi connectivity index (χ1) is 17.3. The van der Waals surface area contributed by atoms with Gasteiger partial charge < -0.3 is 20.1 Å². The number of aryl methyl sites for hydroxylation is 1. The predicted octanol–water partition coefficient (Wildman–Crippen LogP) is 4.18. The standard InChI is InChI=1S/C26H25BrN4O5/c1-16-5-4-6-22(17(16)2)30-24(32)15-36-23-12-7-19(27)13-18(23)14-28-31-26(34)25(33)29-20-8-10-21(35-3)11-9-20/h4-14H,15H2,1-3H3,(H,29,33)(H,30,32)(H,31,34)/b28-14-. The van der Waals surface area contributed by atoms with Crippen LogP contribution in [-0.2, 0) is 14.4 Å². The van der Waals surface area contributed by atoms with Gasteiger partial charge in [-0.3, -0.25) is 14.4 Å². The molecule has 3 rings (SSSR count). The van der Waals surface area contributed by atoms with E-state index in [-0.39, 0.29) is 12.5 Å². The molecule has 0 spiro atoms. The molecular weight excluding hydrogens is 528 g/mol. The molecule has 0 saturated heterocycles. The summed E-state index contributed by atoms with van der Waals surface area (Å²) in [5.74, 6) is -1.16. The molecule has 0 unspecified atom stereocenters. The molecule has 36 heavy (non-hydrogen) atoms. The van der Waals surface area contributed by atoms with Crippen molar-refractivity contribution in [2.45, 2.75) is 13.8 Å². The topological polar surface area (TPSA) is 118 Å². The minimum absolute atomic E-state index is 0.230. The van der Waals surface area contributed by atoms with Crippen molar-refractivity contribution in [2.24, 2.45) is 5.10 Å². The second kappa shape index (κ2) is 12.5. The summed E-state index contributed by atoms with van der Waals surface area (Å²) in [6.45, 7) is 3.67. The highest BCUT2D eigenvalue weighted by Gasteiger charge is 2.13. The summed E-state index contributed by atoms with van der Waals surface area (Å²) in [5, 5.41) is 9.14. The molecule has 0 atom stereocenters. The first-order valence-corrected chi connectivity index (χ1v) is 11.6. The first kappa shape index (κ1) is 26.4. The quantitative estimate of drug-likeness (QED) is 0.220. The lowest BCUT2D eigenvalue weighted by Crippen LogP contribution is -2.32. The number of hydrogen-bond acceptors (Lipinski definition) is 6. The number of halogens is 1. The van der Waals surface area contributed by atoms with E-state index in [0.717, 1.165) is 21.3 Å². The van der Waals surface area contributed by atoms with Crippen molar-refractivity contribution in [1.29, 1.82) is 0 Å². The number of nitrogens with one attached hydrogen (secondary N) is 3. The lowest BCUT2D eigenvalue weighted by atomic mass is 10.1. The number of amides is 3. The number of ether oxygens (including phenoxy) is 2. The number of nitrogens with zero attached hydrogens (tertiary/aromatic N) is 1. The molecule has 0 fully saturated rings. The van der Waals surface area contributed by atoms with Crippen LogP contribution in [-0.4, -0.2) is 37.7 Å². The zero-order valence-electron chi connectivity index (χ0n) is 19.9. The Labute approximate surface area is 217 Å². The van der Waals surface area contributed by atoms with Crippen molar-refractivity contribution in [3.8, 4) is 11.5 Å². The van der Waals surface area contributed by atoms with Crippen molar-refractivity contribution in [1.82, 2.24) is 5.43 Å². The Balaban J connectivity index is 1.58. The van der Waals surface area contributed by atoms with Crippen LogP contribution in [0.3, 0.4) is 0 Å². The van der Waals surface area contributed by atoms with Crippen LogP contribution in [0.1, 0.15) is 16.7 Å². The molecule has 3 amide bonds. The molecule has 186 valence electrons. The van der Waals surface area contributed by atoms with Gasteiger partial charge in [-0.2, -0.15) is 5.10 Å². The number of benzene rings is 3. The van der Waals surface area contributed by atoms with E-state index in [1.165, 1.54) is 13.3 Å². The van der Waals surface area contributed by atoms with Gasteiger partial charge in [-0.15, -0.1) is 0 Å². The number of hydrogen-bond donors (Lipinski definition) is 3. The summed E-state index contributed by atoms with van der Waals surface area (Å²) >= 11 is 3.37. The maximum Gasteiger partial charge on any atom is 0.329 e. The summed E-state index contributed by atoms with van der Waals surface area (Å²) < 4.78 is 11.5. The summed E-state index contributed by atoms with van der Waals surface area (Å²) in [7, 11) is 1.53. The summed E-state index contributed by atoms with van der Waals surface area (Å²) in [5.41, 5.74) is 5.86. The zero-order chi connectivity index (χ0) is 26.1. The predicted molar refractivity (Wildman–Crippen MR) is 142 cm³/mol. The molecule has 0 aliphatic carbocycles. The van der Waals surface area contributed by atoms with E-state index in [9.17, 15) is 14.4 Å². The van der Waals surface area contributed by atoms with Gasteiger partial charge in [0.2, 0.25) is 0 Å². The molecule has 3 N–H and O–H groups in total. The van der Waals surface area contributed by atoms with Crippen LogP contribution in [0.15, 0.2) is 70.2 Å². The second-order valence-electron chi connectivity index (χ2n) is 7.65. The van der Waals surface area contributed by atoms with Gasteiger partial charge in [-0.25, -0.2) is 5.43 Å². The van der Waals surface area contributed by atoms with Crippen molar-refractivity contribution in [3.63, 3.8) is 0 Å². The second-order valence-corrected chi connectivity index (χ2v) is 8.56. The number of rotatable bonds is 8. The summed E-state index contributed by atoms with van der Waals surface area (Å²) in [4.78, 5) is 36.6. The van der Waals surface area contributed by atoms with Crippen LogP contribution in [0.2, 0.25) is 0 Å². The molecule has 3 aromatic rings. The largest absolute Gasteiger partial charge is 0.497 e. The summed E-state index contributed by atoms with van der Waals surface area (Å²) in [6, 6.07) is 17.3. The lowest BCUT2D eigenvalue weighted by Gasteiger charge is -2.12. The van der Waals surface area contributed by atoms with E-state index in [1.54, 1.807) is 42.5 Å².